The van der Waals surface area contributed by atoms with Crippen LogP contribution in [-0.4, -0.2) is 35.4 Å². The third-order valence-electron chi connectivity index (χ3n) is 4.78. The van der Waals surface area contributed by atoms with E-state index in [0.717, 1.165) is 16.9 Å². The van der Waals surface area contributed by atoms with Crippen LogP contribution in [0.15, 0.2) is 42.5 Å². The van der Waals surface area contributed by atoms with Gasteiger partial charge in [-0.3, -0.25) is 9.59 Å². The number of hydrogen-bond donors (Lipinski definition) is 1. The van der Waals surface area contributed by atoms with Gasteiger partial charge in [-0.1, -0.05) is 47.0 Å². The van der Waals surface area contributed by atoms with Crippen LogP contribution >= 0.6 is 23.2 Å². The second-order valence-electron chi connectivity index (χ2n) is 7.86. The summed E-state index contributed by atoms with van der Waals surface area (Å²) in [5, 5.41) is 3.85. The molecular formula is C24H30Cl2N2O3. The standard InChI is InChI=1S/C24H30Cl2N2O3/c1-16(2)27-24(30)18(4)28(15-19-9-10-20(25)14-22(19)26)23(29)6-5-13-31-21-11-7-17(3)8-12-21/h7-12,14,16,18H,5-6,13,15H2,1-4H3,(H,27,30). The monoisotopic (exact) mass is 464 g/mol. The summed E-state index contributed by atoms with van der Waals surface area (Å²) >= 11 is 12.3. The molecule has 2 rings (SSSR count). The Bertz CT molecular complexity index is 885. The van der Waals surface area contributed by atoms with E-state index >= 15 is 0 Å². The minimum atomic E-state index is -0.639. The van der Waals surface area contributed by atoms with Crippen molar-refractivity contribution in [2.24, 2.45) is 0 Å². The van der Waals surface area contributed by atoms with E-state index < -0.39 is 6.04 Å². The zero-order valence-corrected chi connectivity index (χ0v) is 20.0. The van der Waals surface area contributed by atoms with Gasteiger partial charge in [0.05, 0.1) is 6.61 Å². The van der Waals surface area contributed by atoms with Crippen LogP contribution in [0.4, 0.5) is 0 Å². The number of carbonyl (C=O) groups is 2. The van der Waals surface area contributed by atoms with Crippen molar-refractivity contribution in [3.63, 3.8) is 0 Å². The first kappa shape index (κ1) is 25.0. The Balaban J connectivity index is 2.04. The predicted molar refractivity (Wildman–Crippen MR) is 126 cm³/mol. The highest BCUT2D eigenvalue weighted by molar-refractivity contribution is 6.35. The fourth-order valence-corrected chi connectivity index (χ4v) is 3.48. The fraction of sp³-hybridized carbons (Fsp3) is 0.417. The number of aryl methyl sites for hydroxylation is 1. The molecule has 31 heavy (non-hydrogen) atoms. The first-order chi connectivity index (χ1) is 14.7. The van der Waals surface area contributed by atoms with Gasteiger partial charge < -0.3 is 15.0 Å². The Morgan fingerprint density at radius 3 is 2.35 bits per heavy atom. The van der Waals surface area contributed by atoms with Gasteiger partial charge in [-0.2, -0.15) is 0 Å². The fourth-order valence-electron chi connectivity index (χ4n) is 3.01. The molecule has 0 saturated heterocycles. The number of halogens is 2. The number of carbonyl (C=O) groups excluding carboxylic acids is 2. The minimum Gasteiger partial charge on any atom is -0.494 e. The molecule has 2 amide bonds. The highest BCUT2D eigenvalue weighted by Gasteiger charge is 2.26. The number of nitrogens with zero attached hydrogens (tertiary/aromatic N) is 1. The lowest BCUT2D eigenvalue weighted by molar-refractivity contribution is -0.141. The number of hydrogen-bond acceptors (Lipinski definition) is 3. The number of amides is 2. The van der Waals surface area contributed by atoms with Gasteiger partial charge in [0.2, 0.25) is 11.8 Å². The quantitative estimate of drug-likeness (QED) is 0.478. The van der Waals surface area contributed by atoms with E-state index in [2.05, 4.69) is 5.32 Å². The van der Waals surface area contributed by atoms with Gasteiger partial charge in [-0.05, 0) is 63.9 Å². The number of nitrogens with one attached hydrogen (secondary N) is 1. The second kappa shape index (κ2) is 12.0. The molecule has 5 nitrogen and oxygen atoms in total. The molecular weight excluding hydrogens is 435 g/mol. The molecule has 0 aliphatic heterocycles. The van der Waals surface area contributed by atoms with E-state index in [1.807, 2.05) is 45.0 Å². The third-order valence-corrected chi connectivity index (χ3v) is 5.37. The molecule has 0 radical (unpaired) electrons. The molecule has 0 fully saturated rings. The van der Waals surface area contributed by atoms with Crippen molar-refractivity contribution in [1.82, 2.24) is 10.2 Å². The minimum absolute atomic E-state index is 0.0195. The van der Waals surface area contributed by atoms with Crippen molar-refractivity contribution in [1.29, 1.82) is 0 Å². The van der Waals surface area contributed by atoms with E-state index in [0.29, 0.717) is 23.1 Å². The number of ether oxygens (including phenoxy) is 1. The number of benzene rings is 2. The van der Waals surface area contributed by atoms with Gasteiger partial charge >= 0.3 is 0 Å². The van der Waals surface area contributed by atoms with E-state index in [9.17, 15) is 9.59 Å². The molecule has 0 aromatic heterocycles. The molecule has 2 aromatic rings. The van der Waals surface area contributed by atoms with Crippen LogP contribution in [0.1, 0.15) is 44.7 Å². The van der Waals surface area contributed by atoms with Crippen molar-refractivity contribution >= 4 is 35.0 Å². The van der Waals surface area contributed by atoms with Crippen LogP contribution in [-0.2, 0) is 16.1 Å². The molecule has 2 aromatic carbocycles. The summed E-state index contributed by atoms with van der Waals surface area (Å²) in [5.74, 6) is 0.432. The zero-order chi connectivity index (χ0) is 23.0. The van der Waals surface area contributed by atoms with Gasteiger partial charge in [0.25, 0.3) is 0 Å². The summed E-state index contributed by atoms with van der Waals surface area (Å²) in [6, 6.07) is 12.2. The van der Waals surface area contributed by atoms with Crippen molar-refractivity contribution in [2.75, 3.05) is 6.61 Å². The molecule has 0 spiro atoms. The third kappa shape index (κ3) is 8.08. The highest BCUT2D eigenvalue weighted by Crippen LogP contribution is 2.23. The summed E-state index contributed by atoms with van der Waals surface area (Å²) in [4.78, 5) is 27.2. The maximum Gasteiger partial charge on any atom is 0.242 e. The Morgan fingerprint density at radius 2 is 1.74 bits per heavy atom. The summed E-state index contributed by atoms with van der Waals surface area (Å²) in [6.07, 6.45) is 0.798. The molecule has 0 aliphatic carbocycles. The molecule has 1 N–H and O–H groups in total. The second-order valence-corrected chi connectivity index (χ2v) is 8.71. The van der Waals surface area contributed by atoms with Gasteiger partial charge in [-0.15, -0.1) is 0 Å². The molecule has 168 valence electrons. The van der Waals surface area contributed by atoms with Gasteiger partial charge in [0.1, 0.15) is 11.8 Å². The number of rotatable bonds is 10. The first-order valence-electron chi connectivity index (χ1n) is 10.4. The van der Waals surface area contributed by atoms with Crippen LogP contribution in [0.25, 0.3) is 0 Å². The average Bonchev–Trinajstić information content (AvgIpc) is 2.71. The smallest absolute Gasteiger partial charge is 0.242 e. The van der Waals surface area contributed by atoms with Crippen LogP contribution in [0.2, 0.25) is 10.0 Å². The van der Waals surface area contributed by atoms with Gasteiger partial charge in [0, 0.05) is 29.1 Å². The summed E-state index contributed by atoms with van der Waals surface area (Å²) in [7, 11) is 0. The topological polar surface area (TPSA) is 58.6 Å². The Labute approximate surface area is 194 Å². The zero-order valence-electron chi connectivity index (χ0n) is 18.5. The van der Waals surface area contributed by atoms with Crippen LogP contribution < -0.4 is 10.1 Å². The molecule has 0 heterocycles. The van der Waals surface area contributed by atoms with E-state index in [1.165, 1.54) is 0 Å². The first-order valence-corrected chi connectivity index (χ1v) is 11.2. The summed E-state index contributed by atoms with van der Waals surface area (Å²) in [6.45, 7) is 8.14. The van der Waals surface area contributed by atoms with Crippen molar-refractivity contribution in [3.8, 4) is 5.75 Å². The normalized spacial score (nSPS) is 11.8. The van der Waals surface area contributed by atoms with Crippen LogP contribution in [0, 0.1) is 6.92 Å². The van der Waals surface area contributed by atoms with Crippen LogP contribution in [0.3, 0.4) is 0 Å². The van der Waals surface area contributed by atoms with E-state index in [-0.39, 0.29) is 30.8 Å². The van der Waals surface area contributed by atoms with Crippen LogP contribution in [0.5, 0.6) is 5.75 Å². The summed E-state index contributed by atoms with van der Waals surface area (Å²) in [5.41, 5.74) is 1.90. The molecule has 1 atom stereocenters. The van der Waals surface area contributed by atoms with Gasteiger partial charge in [0.15, 0.2) is 0 Å². The molecule has 0 bridgehead atoms. The lowest BCUT2D eigenvalue weighted by Gasteiger charge is -2.29. The predicted octanol–water partition coefficient (Wildman–Crippen LogP) is 5.40. The van der Waals surface area contributed by atoms with Crippen molar-refractivity contribution in [3.05, 3.63) is 63.6 Å². The van der Waals surface area contributed by atoms with E-state index in [4.69, 9.17) is 27.9 Å². The van der Waals surface area contributed by atoms with Crippen molar-refractivity contribution < 1.29 is 14.3 Å². The van der Waals surface area contributed by atoms with Gasteiger partial charge in [-0.25, -0.2) is 0 Å². The maximum atomic E-state index is 13.0. The Morgan fingerprint density at radius 1 is 1.06 bits per heavy atom. The largest absolute Gasteiger partial charge is 0.494 e. The lowest BCUT2D eigenvalue weighted by Crippen LogP contribution is -2.49. The Hall–Kier alpha value is -2.24. The van der Waals surface area contributed by atoms with E-state index in [1.54, 1.807) is 30.0 Å². The SMILES string of the molecule is Cc1ccc(OCCCC(=O)N(Cc2ccc(Cl)cc2Cl)C(C)C(=O)NC(C)C)cc1. The molecule has 0 aliphatic rings. The highest BCUT2D eigenvalue weighted by atomic mass is 35.5. The Kier molecular flexibility index (Phi) is 9.66. The average molecular weight is 465 g/mol. The van der Waals surface area contributed by atoms with Crippen molar-refractivity contribution in [2.45, 2.75) is 59.2 Å². The lowest BCUT2D eigenvalue weighted by atomic mass is 10.1. The summed E-state index contributed by atoms with van der Waals surface area (Å²) < 4.78 is 5.72. The molecule has 1 unspecified atom stereocenters. The maximum absolute atomic E-state index is 13.0. The molecule has 7 heteroatoms. The molecule has 0 saturated carbocycles.